The van der Waals surface area contributed by atoms with Crippen molar-refractivity contribution >= 4 is 0 Å². The third-order valence-corrected chi connectivity index (χ3v) is 2.49. The molecule has 0 atom stereocenters. The zero-order chi connectivity index (χ0) is 9.97. The minimum Gasteiger partial charge on any atom is -0.472 e. The van der Waals surface area contributed by atoms with Crippen molar-refractivity contribution in [3.05, 3.63) is 23.6 Å². The van der Waals surface area contributed by atoms with Gasteiger partial charge in [0, 0.05) is 18.3 Å². The molecule has 1 aliphatic carbocycles. The standard InChI is InChI=1S/C10H13FN2O/c11-9-7(6-12)4-5-13-10(9)14-8-2-1-3-8/h4-5,8H,1-3,6,12H2. The van der Waals surface area contributed by atoms with Gasteiger partial charge in [-0.3, -0.25) is 0 Å². The van der Waals surface area contributed by atoms with Crippen LogP contribution in [0.5, 0.6) is 5.88 Å². The maximum atomic E-state index is 13.5. The van der Waals surface area contributed by atoms with E-state index in [0.717, 1.165) is 19.3 Å². The summed E-state index contributed by atoms with van der Waals surface area (Å²) in [6.07, 6.45) is 4.81. The number of halogens is 1. The van der Waals surface area contributed by atoms with E-state index in [1.807, 2.05) is 0 Å². The topological polar surface area (TPSA) is 48.1 Å². The second-order valence-electron chi connectivity index (χ2n) is 3.46. The van der Waals surface area contributed by atoms with Gasteiger partial charge in [0.15, 0.2) is 5.82 Å². The molecular formula is C10H13FN2O. The number of ether oxygens (including phenoxy) is 1. The first-order valence-electron chi connectivity index (χ1n) is 4.81. The Bertz CT molecular complexity index is 326. The van der Waals surface area contributed by atoms with E-state index in [0.29, 0.717) is 5.56 Å². The number of hydrogen-bond donors (Lipinski definition) is 1. The van der Waals surface area contributed by atoms with E-state index in [1.54, 1.807) is 6.07 Å². The van der Waals surface area contributed by atoms with Crippen LogP contribution in [0.15, 0.2) is 12.3 Å². The second-order valence-corrected chi connectivity index (χ2v) is 3.46. The van der Waals surface area contributed by atoms with Crippen molar-refractivity contribution in [1.82, 2.24) is 4.98 Å². The van der Waals surface area contributed by atoms with Crippen molar-refractivity contribution in [2.75, 3.05) is 0 Å². The van der Waals surface area contributed by atoms with Crippen LogP contribution >= 0.6 is 0 Å². The van der Waals surface area contributed by atoms with Gasteiger partial charge < -0.3 is 10.5 Å². The first-order chi connectivity index (χ1) is 6.81. The molecule has 1 fully saturated rings. The quantitative estimate of drug-likeness (QED) is 0.799. The molecule has 14 heavy (non-hydrogen) atoms. The Balaban J connectivity index is 2.15. The van der Waals surface area contributed by atoms with Crippen molar-refractivity contribution in [2.45, 2.75) is 31.9 Å². The van der Waals surface area contributed by atoms with E-state index in [-0.39, 0.29) is 18.5 Å². The minimum absolute atomic E-state index is 0.0950. The van der Waals surface area contributed by atoms with Crippen LogP contribution in [0.3, 0.4) is 0 Å². The Kier molecular flexibility index (Phi) is 2.63. The molecule has 0 radical (unpaired) electrons. The normalized spacial score (nSPS) is 16.4. The number of nitrogens with zero attached hydrogens (tertiary/aromatic N) is 1. The fraction of sp³-hybridized carbons (Fsp3) is 0.500. The van der Waals surface area contributed by atoms with E-state index in [1.165, 1.54) is 6.20 Å². The number of pyridine rings is 1. The van der Waals surface area contributed by atoms with Crippen molar-refractivity contribution in [1.29, 1.82) is 0 Å². The molecule has 0 amide bonds. The number of rotatable bonds is 3. The molecule has 0 spiro atoms. The summed E-state index contributed by atoms with van der Waals surface area (Å²) in [6, 6.07) is 1.57. The Morgan fingerprint density at radius 1 is 1.57 bits per heavy atom. The summed E-state index contributed by atoms with van der Waals surface area (Å²) in [4.78, 5) is 3.86. The molecule has 76 valence electrons. The summed E-state index contributed by atoms with van der Waals surface area (Å²) in [7, 11) is 0. The van der Waals surface area contributed by atoms with Gasteiger partial charge in [0.2, 0.25) is 0 Å². The van der Waals surface area contributed by atoms with E-state index in [2.05, 4.69) is 4.98 Å². The lowest BCUT2D eigenvalue weighted by Crippen LogP contribution is -2.25. The molecule has 0 unspecified atom stereocenters. The van der Waals surface area contributed by atoms with E-state index < -0.39 is 5.82 Å². The molecule has 1 aromatic rings. The predicted octanol–water partition coefficient (Wildman–Crippen LogP) is 1.61. The molecule has 1 aromatic heterocycles. The molecule has 2 N–H and O–H groups in total. The van der Waals surface area contributed by atoms with Gasteiger partial charge in [-0.15, -0.1) is 0 Å². The van der Waals surface area contributed by atoms with Crippen LogP contribution in [0, 0.1) is 5.82 Å². The SMILES string of the molecule is NCc1ccnc(OC2CCC2)c1F. The maximum Gasteiger partial charge on any atom is 0.250 e. The van der Waals surface area contributed by atoms with Gasteiger partial charge in [-0.25, -0.2) is 9.37 Å². The molecule has 0 aliphatic heterocycles. The monoisotopic (exact) mass is 196 g/mol. The van der Waals surface area contributed by atoms with Crippen LogP contribution in [-0.4, -0.2) is 11.1 Å². The fourth-order valence-electron chi connectivity index (χ4n) is 1.35. The molecule has 0 bridgehead atoms. The van der Waals surface area contributed by atoms with Crippen LogP contribution < -0.4 is 10.5 Å². The lowest BCUT2D eigenvalue weighted by molar-refractivity contribution is 0.108. The van der Waals surface area contributed by atoms with Gasteiger partial charge >= 0.3 is 0 Å². The second kappa shape index (κ2) is 3.92. The Labute approximate surface area is 82.1 Å². The highest BCUT2D eigenvalue weighted by molar-refractivity contribution is 5.23. The summed E-state index contributed by atoms with van der Waals surface area (Å²) < 4.78 is 18.9. The summed E-state index contributed by atoms with van der Waals surface area (Å²) >= 11 is 0. The van der Waals surface area contributed by atoms with Crippen molar-refractivity contribution < 1.29 is 9.13 Å². The van der Waals surface area contributed by atoms with Gasteiger partial charge in [0.05, 0.1) is 0 Å². The number of hydrogen-bond acceptors (Lipinski definition) is 3. The predicted molar refractivity (Wildman–Crippen MR) is 50.4 cm³/mol. The van der Waals surface area contributed by atoms with Gasteiger partial charge in [-0.2, -0.15) is 0 Å². The smallest absolute Gasteiger partial charge is 0.250 e. The van der Waals surface area contributed by atoms with E-state index >= 15 is 0 Å². The van der Waals surface area contributed by atoms with Crippen LogP contribution in [0.25, 0.3) is 0 Å². The highest BCUT2D eigenvalue weighted by atomic mass is 19.1. The third kappa shape index (κ3) is 1.70. The highest BCUT2D eigenvalue weighted by Crippen LogP contribution is 2.26. The molecular weight excluding hydrogens is 183 g/mol. The summed E-state index contributed by atoms with van der Waals surface area (Å²) in [5.74, 6) is -0.320. The summed E-state index contributed by atoms with van der Waals surface area (Å²) in [6.45, 7) is 0.176. The summed E-state index contributed by atoms with van der Waals surface area (Å²) in [5.41, 5.74) is 5.83. The molecule has 1 saturated carbocycles. The van der Waals surface area contributed by atoms with Crippen molar-refractivity contribution in [2.24, 2.45) is 5.73 Å². The molecule has 1 aliphatic rings. The van der Waals surface area contributed by atoms with Gasteiger partial charge in [-0.1, -0.05) is 0 Å². The Hall–Kier alpha value is -1.16. The van der Waals surface area contributed by atoms with Crippen LogP contribution in [0.2, 0.25) is 0 Å². The third-order valence-electron chi connectivity index (χ3n) is 2.49. The zero-order valence-corrected chi connectivity index (χ0v) is 7.87. The fourth-order valence-corrected chi connectivity index (χ4v) is 1.35. The van der Waals surface area contributed by atoms with E-state index in [4.69, 9.17) is 10.5 Å². The first-order valence-corrected chi connectivity index (χ1v) is 4.81. The molecule has 0 aromatic carbocycles. The Morgan fingerprint density at radius 3 is 2.93 bits per heavy atom. The van der Waals surface area contributed by atoms with Gasteiger partial charge in [0.1, 0.15) is 6.10 Å². The largest absolute Gasteiger partial charge is 0.472 e. The zero-order valence-electron chi connectivity index (χ0n) is 7.87. The minimum atomic E-state index is -0.415. The van der Waals surface area contributed by atoms with Crippen molar-refractivity contribution in [3.63, 3.8) is 0 Å². The first kappa shape index (κ1) is 9.40. The average Bonchev–Trinajstić information content (AvgIpc) is 2.13. The molecule has 2 rings (SSSR count). The highest BCUT2D eigenvalue weighted by Gasteiger charge is 2.21. The Morgan fingerprint density at radius 2 is 2.36 bits per heavy atom. The molecule has 3 nitrogen and oxygen atoms in total. The van der Waals surface area contributed by atoms with Crippen LogP contribution in [0.4, 0.5) is 4.39 Å². The van der Waals surface area contributed by atoms with Crippen LogP contribution in [0.1, 0.15) is 24.8 Å². The number of aromatic nitrogens is 1. The van der Waals surface area contributed by atoms with Gasteiger partial charge in [-0.05, 0) is 25.3 Å². The molecule has 1 heterocycles. The summed E-state index contributed by atoms with van der Waals surface area (Å²) in [5, 5.41) is 0. The lowest BCUT2D eigenvalue weighted by Gasteiger charge is -2.25. The van der Waals surface area contributed by atoms with Gasteiger partial charge in [0.25, 0.3) is 5.88 Å². The molecule has 4 heteroatoms. The lowest BCUT2D eigenvalue weighted by atomic mass is 9.96. The average molecular weight is 196 g/mol. The van der Waals surface area contributed by atoms with Crippen LogP contribution in [-0.2, 0) is 6.54 Å². The maximum absolute atomic E-state index is 13.5. The van der Waals surface area contributed by atoms with Crippen molar-refractivity contribution in [3.8, 4) is 5.88 Å². The molecule has 0 saturated heterocycles. The van der Waals surface area contributed by atoms with E-state index in [9.17, 15) is 4.39 Å². The number of nitrogens with two attached hydrogens (primary N) is 1.